The third-order valence-corrected chi connectivity index (χ3v) is 5.60. The van der Waals surface area contributed by atoms with Crippen LogP contribution in [0.5, 0.6) is 11.5 Å². The van der Waals surface area contributed by atoms with Crippen LogP contribution in [-0.4, -0.2) is 43.5 Å². The molecule has 0 amide bonds. The molecule has 3 heterocycles. The number of aliphatic hydroxyl groups is 1. The first-order valence-electron chi connectivity index (χ1n) is 9.89. The predicted molar refractivity (Wildman–Crippen MR) is 103 cm³/mol. The minimum Gasteiger partial charge on any atom is -0.493 e. The minimum atomic E-state index is -0.263. The van der Waals surface area contributed by atoms with Crippen LogP contribution in [0.25, 0.3) is 5.65 Å². The van der Waals surface area contributed by atoms with E-state index in [9.17, 15) is 9.50 Å². The van der Waals surface area contributed by atoms with Crippen molar-refractivity contribution < 1.29 is 19.0 Å². The van der Waals surface area contributed by atoms with Crippen LogP contribution >= 0.6 is 0 Å². The second-order valence-electron chi connectivity index (χ2n) is 7.47. The highest BCUT2D eigenvalue weighted by Crippen LogP contribution is 2.31. The molecule has 29 heavy (non-hydrogen) atoms. The van der Waals surface area contributed by atoms with Crippen LogP contribution in [0.4, 0.5) is 10.3 Å². The lowest BCUT2D eigenvalue weighted by atomic mass is 9.95. The van der Waals surface area contributed by atoms with E-state index < -0.39 is 0 Å². The quantitative estimate of drug-likeness (QED) is 0.681. The Labute approximate surface area is 166 Å². The first-order valence-corrected chi connectivity index (χ1v) is 9.89. The zero-order chi connectivity index (χ0) is 19.8. The largest absolute Gasteiger partial charge is 0.493 e. The molecule has 0 bridgehead atoms. The second-order valence-corrected chi connectivity index (χ2v) is 7.47. The molecule has 1 aromatic carbocycles. The highest BCUT2D eigenvalue weighted by molar-refractivity contribution is 5.56. The van der Waals surface area contributed by atoms with Gasteiger partial charge in [0.15, 0.2) is 5.75 Å². The molecule has 5 rings (SSSR count). The van der Waals surface area contributed by atoms with Crippen molar-refractivity contribution in [1.82, 2.24) is 19.6 Å². The maximum atomic E-state index is 14.4. The molecule has 0 atom stereocenters. The van der Waals surface area contributed by atoms with Gasteiger partial charge in [-0.05, 0) is 37.8 Å². The Balaban J connectivity index is 1.36. The van der Waals surface area contributed by atoms with Gasteiger partial charge < -0.3 is 19.9 Å². The Morgan fingerprint density at radius 2 is 2.14 bits per heavy atom. The molecule has 8 nitrogen and oxygen atoms in total. The Kier molecular flexibility index (Phi) is 4.67. The number of aromatic nitrogens is 4. The first-order chi connectivity index (χ1) is 14.2. The average Bonchev–Trinajstić information content (AvgIpc) is 3.40. The Morgan fingerprint density at radius 3 is 3.00 bits per heavy atom. The molecule has 1 fully saturated rings. The van der Waals surface area contributed by atoms with Gasteiger partial charge in [-0.2, -0.15) is 0 Å². The van der Waals surface area contributed by atoms with E-state index >= 15 is 0 Å². The molecule has 2 N–H and O–H groups in total. The lowest BCUT2D eigenvalue weighted by Gasteiger charge is -2.26. The topological polar surface area (TPSA) is 93.8 Å². The van der Waals surface area contributed by atoms with Crippen molar-refractivity contribution >= 4 is 11.6 Å². The number of ether oxygens (including phenoxy) is 2. The number of anilines is 1. The van der Waals surface area contributed by atoms with Crippen LogP contribution in [0.15, 0.2) is 24.7 Å². The summed E-state index contributed by atoms with van der Waals surface area (Å²) in [4.78, 5) is 4.44. The summed E-state index contributed by atoms with van der Waals surface area (Å²) in [6.07, 6.45) is 6.71. The van der Waals surface area contributed by atoms with E-state index in [1.807, 2.05) is 0 Å². The molecule has 0 radical (unpaired) electrons. The maximum Gasteiger partial charge on any atom is 0.210 e. The molecule has 0 saturated heterocycles. The summed E-state index contributed by atoms with van der Waals surface area (Å²) in [6.45, 7) is 0.851. The Hall–Kier alpha value is -2.94. The summed E-state index contributed by atoms with van der Waals surface area (Å²) in [7, 11) is 0. The molecule has 3 aromatic rings. The van der Waals surface area contributed by atoms with Crippen molar-refractivity contribution in [3.63, 3.8) is 0 Å². The molecule has 2 aliphatic rings. The lowest BCUT2D eigenvalue weighted by Crippen LogP contribution is -2.26. The van der Waals surface area contributed by atoms with Crippen LogP contribution in [0.3, 0.4) is 0 Å². The number of halogens is 1. The summed E-state index contributed by atoms with van der Waals surface area (Å²) in [5.74, 6) is 1.54. The van der Waals surface area contributed by atoms with Crippen LogP contribution in [0.1, 0.15) is 36.8 Å². The summed E-state index contributed by atoms with van der Waals surface area (Å²) in [6, 6.07) is 3.11. The molecule has 152 valence electrons. The third kappa shape index (κ3) is 3.46. The van der Waals surface area contributed by atoms with Crippen molar-refractivity contribution in [2.45, 2.75) is 50.9 Å². The van der Waals surface area contributed by atoms with Gasteiger partial charge in [-0.25, -0.2) is 13.8 Å². The summed E-state index contributed by atoms with van der Waals surface area (Å²) in [5.41, 5.74) is 2.04. The summed E-state index contributed by atoms with van der Waals surface area (Å²) in [5, 5.41) is 21.0. The van der Waals surface area contributed by atoms with Crippen molar-refractivity contribution in [3.8, 4) is 11.5 Å². The van der Waals surface area contributed by atoms with E-state index in [1.165, 1.54) is 6.07 Å². The normalized spacial score (nSPS) is 21.0. The lowest BCUT2D eigenvalue weighted by molar-refractivity contribution is 0.0669. The van der Waals surface area contributed by atoms with Crippen LogP contribution in [0, 0.1) is 5.82 Å². The van der Waals surface area contributed by atoms with Gasteiger partial charge in [0.2, 0.25) is 11.6 Å². The number of hydrogen-bond donors (Lipinski definition) is 2. The van der Waals surface area contributed by atoms with Gasteiger partial charge in [-0.15, -0.1) is 10.2 Å². The Bertz CT molecular complexity index is 1030. The fourth-order valence-electron chi connectivity index (χ4n) is 4.03. The molecular formula is C20H22FN5O3. The molecule has 9 heteroatoms. The van der Waals surface area contributed by atoms with Gasteiger partial charge in [0, 0.05) is 24.1 Å². The maximum absolute atomic E-state index is 14.4. The van der Waals surface area contributed by atoms with Crippen LogP contribution in [0.2, 0.25) is 0 Å². The molecule has 2 aromatic heterocycles. The van der Waals surface area contributed by atoms with Gasteiger partial charge in [-0.1, -0.05) is 0 Å². The highest BCUT2D eigenvalue weighted by atomic mass is 19.1. The van der Waals surface area contributed by atoms with Crippen LogP contribution in [-0.2, 0) is 13.0 Å². The van der Waals surface area contributed by atoms with Gasteiger partial charge in [-0.3, -0.25) is 0 Å². The fourth-order valence-corrected chi connectivity index (χ4v) is 4.03. The number of nitrogens with one attached hydrogen (secondary N) is 1. The first kappa shape index (κ1) is 18.1. The fraction of sp³-hybridized carbons (Fsp3) is 0.450. The Morgan fingerprint density at radius 1 is 1.28 bits per heavy atom. The molecule has 0 spiro atoms. The average molecular weight is 399 g/mol. The number of benzene rings is 1. The molecule has 1 aliphatic carbocycles. The number of nitrogens with zero attached hydrogens (tertiary/aromatic N) is 4. The van der Waals surface area contributed by atoms with Crippen LogP contribution < -0.4 is 14.8 Å². The van der Waals surface area contributed by atoms with Gasteiger partial charge in [0.1, 0.15) is 17.9 Å². The van der Waals surface area contributed by atoms with Crippen molar-refractivity contribution in [2.75, 3.05) is 11.9 Å². The molecule has 0 unspecified atom stereocenters. The van der Waals surface area contributed by atoms with Gasteiger partial charge >= 0.3 is 0 Å². The van der Waals surface area contributed by atoms with E-state index in [1.54, 1.807) is 23.0 Å². The second kappa shape index (κ2) is 7.47. The van der Waals surface area contributed by atoms with E-state index in [4.69, 9.17) is 9.47 Å². The van der Waals surface area contributed by atoms with Gasteiger partial charge in [0.25, 0.3) is 0 Å². The minimum absolute atomic E-state index is 0.0283. The van der Waals surface area contributed by atoms with Crippen molar-refractivity contribution in [3.05, 3.63) is 41.6 Å². The summed E-state index contributed by atoms with van der Waals surface area (Å²) >= 11 is 0. The monoisotopic (exact) mass is 399 g/mol. The molecule has 1 saturated carbocycles. The SMILES string of the molecule is O[C@H]1CC[C@H](Oc2cnc(NCc3c(F)ccc4c3CCO4)n3cnnc23)CC1. The number of fused-ring (bicyclic) bond motifs is 2. The van der Waals surface area contributed by atoms with E-state index in [0.717, 1.165) is 37.0 Å². The number of aliphatic hydroxyl groups excluding tert-OH is 1. The summed E-state index contributed by atoms with van der Waals surface area (Å²) < 4.78 is 27.7. The van der Waals surface area contributed by atoms with Gasteiger partial charge in [0.05, 0.1) is 25.0 Å². The third-order valence-electron chi connectivity index (χ3n) is 5.60. The standard InChI is InChI=1S/C20H22FN5O3/c21-16-5-6-17-14(7-8-28-17)15(16)9-22-20-23-10-18(19-25-24-11-26(19)20)29-13-3-1-12(27)2-4-13/h5-6,10-13,27H,1-4,7-9H2,(H,22,23)/t12-,13-. The van der Waals surface area contributed by atoms with E-state index in [0.29, 0.717) is 35.9 Å². The highest BCUT2D eigenvalue weighted by Gasteiger charge is 2.23. The van der Waals surface area contributed by atoms with Crippen molar-refractivity contribution in [2.24, 2.45) is 0 Å². The zero-order valence-electron chi connectivity index (χ0n) is 15.8. The van der Waals surface area contributed by atoms with E-state index in [2.05, 4.69) is 20.5 Å². The zero-order valence-corrected chi connectivity index (χ0v) is 15.8. The number of rotatable bonds is 5. The van der Waals surface area contributed by atoms with E-state index in [-0.39, 0.29) is 24.6 Å². The molecule has 1 aliphatic heterocycles. The number of hydrogen-bond acceptors (Lipinski definition) is 7. The molecular weight excluding hydrogens is 377 g/mol. The smallest absolute Gasteiger partial charge is 0.210 e. The predicted octanol–water partition coefficient (Wildman–Crippen LogP) is 2.49. The van der Waals surface area contributed by atoms with Crippen molar-refractivity contribution in [1.29, 1.82) is 0 Å².